The molecule has 10 heteroatoms. The molecule has 4 rings (SSSR count). The van der Waals surface area contributed by atoms with E-state index in [-0.39, 0.29) is 18.9 Å². The standard InChI is InChI=1S/C32H37N5O5/c1-3-4-7-18-34-31(39)32(22-25-10-5-6-13-28(25)36-37-33)29(24-11-8-12-27(21-24)40-2)42-30(35-32)23-14-16-26(17-15-23)41-20-9-19-38/h5-6,8,10-17,21,29,38H,3-4,7,9,18-20,22H2,1-2H3,(H,34,39)/t29-,32-/m1/s1. The van der Waals surface area contributed by atoms with E-state index in [2.05, 4.69) is 22.3 Å². The van der Waals surface area contributed by atoms with Crippen LogP contribution in [0.4, 0.5) is 5.69 Å². The van der Waals surface area contributed by atoms with Crippen LogP contribution in [0.1, 0.15) is 55.4 Å². The van der Waals surface area contributed by atoms with Crippen molar-refractivity contribution in [1.82, 2.24) is 5.32 Å². The summed E-state index contributed by atoms with van der Waals surface area (Å²) in [6.45, 7) is 3.07. The molecule has 0 fully saturated rings. The molecule has 0 unspecified atom stereocenters. The first-order chi connectivity index (χ1) is 20.5. The van der Waals surface area contributed by atoms with Gasteiger partial charge in [0.1, 0.15) is 11.5 Å². The Balaban J connectivity index is 1.81. The van der Waals surface area contributed by atoms with Crippen LogP contribution in [0.25, 0.3) is 10.4 Å². The van der Waals surface area contributed by atoms with E-state index in [4.69, 9.17) is 24.3 Å². The topological polar surface area (TPSA) is 138 Å². The van der Waals surface area contributed by atoms with Crippen LogP contribution in [0.15, 0.2) is 82.9 Å². The van der Waals surface area contributed by atoms with Crippen molar-refractivity contribution >= 4 is 17.5 Å². The van der Waals surface area contributed by atoms with Crippen molar-refractivity contribution in [3.8, 4) is 11.5 Å². The SMILES string of the molecule is CCCCCNC(=O)[C@]1(Cc2ccccc2N=[N+]=[N-])N=C(c2ccc(OCCCO)cc2)O[C@@H]1c1cccc(OC)c1. The van der Waals surface area contributed by atoms with Gasteiger partial charge in [-0.15, -0.1) is 0 Å². The largest absolute Gasteiger partial charge is 0.497 e. The molecular formula is C32H37N5O5. The van der Waals surface area contributed by atoms with Crippen molar-refractivity contribution in [3.05, 3.63) is 99.9 Å². The monoisotopic (exact) mass is 571 g/mol. The van der Waals surface area contributed by atoms with E-state index in [1.165, 1.54) is 0 Å². The molecule has 0 radical (unpaired) electrons. The molecule has 3 aromatic rings. The molecule has 10 nitrogen and oxygen atoms in total. The molecule has 2 atom stereocenters. The normalized spacial score (nSPS) is 17.5. The van der Waals surface area contributed by atoms with E-state index in [9.17, 15) is 10.3 Å². The number of nitrogens with zero attached hydrogens (tertiary/aromatic N) is 4. The number of aliphatic imine (C=N–C) groups is 1. The van der Waals surface area contributed by atoms with Gasteiger partial charge in [-0.25, -0.2) is 4.99 Å². The maximum atomic E-state index is 14.2. The summed E-state index contributed by atoms with van der Waals surface area (Å²) in [7, 11) is 1.59. The molecule has 0 saturated heterocycles. The third-order valence-electron chi connectivity index (χ3n) is 7.10. The average Bonchev–Trinajstić information content (AvgIpc) is 3.41. The van der Waals surface area contributed by atoms with Crippen molar-refractivity contribution in [2.45, 2.75) is 50.7 Å². The Kier molecular flexibility index (Phi) is 10.8. The second-order valence-corrected chi connectivity index (χ2v) is 10.0. The molecular weight excluding hydrogens is 534 g/mol. The number of unbranched alkanes of at least 4 members (excludes halogenated alkanes) is 2. The number of benzene rings is 3. The smallest absolute Gasteiger partial charge is 0.252 e. The van der Waals surface area contributed by atoms with E-state index in [1.54, 1.807) is 31.4 Å². The fourth-order valence-corrected chi connectivity index (χ4v) is 4.91. The van der Waals surface area contributed by atoms with Gasteiger partial charge in [-0.3, -0.25) is 4.79 Å². The van der Waals surface area contributed by atoms with Gasteiger partial charge in [0, 0.05) is 42.2 Å². The molecule has 1 heterocycles. The van der Waals surface area contributed by atoms with Gasteiger partial charge in [0.05, 0.1) is 13.7 Å². The van der Waals surface area contributed by atoms with E-state index < -0.39 is 11.6 Å². The number of aliphatic hydroxyl groups is 1. The van der Waals surface area contributed by atoms with Crippen molar-refractivity contribution in [2.75, 3.05) is 26.9 Å². The van der Waals surface area contributed by atoms with Gasteiger partial charge < -0.3 is 24.6 Å². The molecule has 0 spiro atoms. The van der Waals surface area contributed by atoms with Gasteiger partial charge in [-0.2, -0.15) is 0 Å². The van der Waals surface area contributed by atoms with Crippen LogP contribution >= 0.6 is 0 Å². The molecule has 0 aromatic heterocycles. The number of hydrogen-bond donors (Lipinski definition) is 2. The van der Waals surface area contributed by atoms with Crippen LogP contribution in [0.2, 0.25) is 0 Å². The summed E-state index contributed by atoms with van der Waals surface area (Å²) in [6, 6.07) is 21.9. The van der Waals surface area contributed by atoms with Crippen LogP contribution in [-0.2, 0) is 16.0 Å². The first-order valence-electron chi connectivity index (χ1n) is 14.2. The van der Waals surface area contributed by atoms with E-state index in [0.717, 1.165) is 24.8 Å². The summed E-state index contributed by atoms with van der Waals surface area (Å²) >= 11 is 0. The number of ether oxygens (including phenoxy) is 3. The average molecular weight is 572 g/mol. The summed E-state index contributed by atoms with van der Waals surface area (Å²) in [4.78, 5) is 22.3. The highest BCUT2D eigenvalue weighted by Gasteiger charge is 2.53. The Morgan fingerprint density at radius 3 is 2.64 bits per heavy atom. The van der Waals surface area contributed by atoms with Gasteiger partial charge in [0.2, 0.25) is 5.90 Å². The first kappa shape index (κ1) is 30.4. The van der Waals surface area contributed by atoms with Crippen LogP contribution < -0.4 is 14.8 Å². The van der Waals surface area contributed by atoms with Crippen molar-refractivity contribution in [1.29, 1.82) is 0 Å². The van der Waals surface area contributed by atoms with Gasteiger partial charge in [-0.1, -0.05) is 61.3 Å². The molecule has 1 amide bonds. The Morgan fingerprint density at radius 2 is 1.90 bits per heavy atom. The highest BCUT2D eigenvalue weighted by molar-refractivity contribution is 6.01. The summed E-state index contributed by atoms with van der Waals surface area (Å²) in [6.07, 6.45) is 2.73. The zero-order chi connectivity index (χ0) is 29.8. The highest BCUT2D eigenvalue weighted by atomic mass is 16.5. The Hall–Kier alpha value is -4.53. The van der Waals surface area contributed by atoms with Gasteiger partial charge in [0.25, 0.3) is 5.91 Å². The number of azide groups is 1. The summed E-state index contributed by atoms with van der Waals surface area (Å²) in [5.74, 6) is 1.31. The number of carbonyl (C=O) groups is 1. The van der Waals surface area contributed by atoms with Crippen molar-refractivity contribution < 1.29 is 24.1 Å². The maximum absolute atomic E-state index is 14.2. The molecule has 42 heavy (non-hydrogen) atoms. The molecule has 2 N–H and O–H groups in total. The number of aliphatic hydroxyl groups excluding tert-OH is 1. The predicted octanol–water partition coefficient (Wildman–Crippen LogP) is 6.20. The summed E-state index contributed by atoms with van der Waals surface area (Å²) in [5.41, 5.74) is 10.3. The molecule has 0 saturated carbocycles. The zero-order valence-corrected chi connectivity index (χ0v) is 24.0. The maximum Gasteiger partial charge on any atom is 0.252 e. The molecule has 220 valence electrons. The number of carbonyl (C=O) groups excluding carboxylic acids is 1. The molecule has 0 aliphatic carbocycles. The lowest BCUT2D eigenvalue weighted by molar-refractivity contribution is -0.128. The lowest BCUT2D eigenvalue weighted by atomic mass is 9.81. The number of rotatable bonds is 15. The van der Waals surface area contributed by atoms with E-state index in [1.807, 2.05) is 48.5 Å². The fourth-order valence-electron chi connectivity index (χ4n) is 4.91. The predicted molar refractivity (Wildman–Crippen MR) is 161 cm³/mol. The van der Waals surface area contributed by atoms with Crippen molar-refractivity contribution in [2.24, 2.45) is 10.1 Å². The lowest BCUT2D eigenvalue weighted by Crippen LogP contribution is -2.50. The van der Waals surface area contributed by atoms with Gasteiger partial charge in [-0.05, 0) is 59.5 Å². The van der Waals surface area contributed by atoms with E-state index in [0.29, 0.717) is 53.8 Å². The Morgan fingerprint density at radius 1 is 1.10 bits per heavy atom. The zero-order valence-electron chi connectivity index (χ0n) is 24.0. The lowest BCUT2D eigenvalue weighted by Gasteiger charge is -2.31. The van der Waals surface area contributed by atoms with Crippen molar-refractivity contribution in [3.63, 3.8) is 0 Å². The third kappa shape index (κ3) is 7.21. The third-order valence-corrected chi connectivity index (χ3v) is 7.10. The van der Waals surface area contributed by atoms with Gasteiger partial charge >= 0.3 is 0 Å². The Bertz CT molecular complexity index is 1420. The second-order valence-electron chi connectivity index (χ2n) is 10.0. The Labute approximate surface area is 246 Å². The minimum Gasteiger partial charge on any atom is -0.497 e. The first-order valence-corrected chi connectivity index (χ1v) is 14.2. The fraction of sp³-hybridized carbons (Fsp3) is 0.375. The molecule has 3 aromatic carbocycles. The molecule has 1 aliphatic rings. The number of nitrogens with one attached hydrogen (secondary N) is 1. The van der Waals surface area contributed by atoms with Gasteiger partial charge in [0.15, 0.2) is 11.6 Å². The number of hydrogen-bond acceptors (Lipinski definition) is 7. The minimum atomic E-state index is -1.41. The number of amides is 1. The minimum absolute atomic E-state index is 0.0553. The van der Waals surface area contributed by atoms with Crippen LogP contribution in [0.5, 0.6) is 11.5 Å². The summed E-state index contributed by atoms with van der Waals surface area (Å²) in [5, 5.41) is 16.0. The van der Waals surface area contributed by atoms with Crippen LogP contribution in [0.3, 0.4) is 0 Å². The highest BCUT2D eigenvalue weighted by Crippen LogP contribution is 2.44. The summed E-state index contributed by atoms with van der Waals surface area (Å²) < 4.78 is 17.7. The molecule has 1 aliphatic heterocycles. The van der Waals surface area contributed by atoms with Crippen LogP contribution in [-0.4, -0.2) is 49.3 Å². The molecule has 0 bridgehead atoms. The number of methoxy groups -OCH3 is 1. The van der Waals surface area contributed by atoms with E-state index >= 15 is 0 Å². The second kappa shape index (κ2) is 14.9. The quantitative estimate of drug-likeness (QED) is 0.0967. The van der Waals surface area contributed by atoms with Crippen LogP contribution in [0, 0.1) is 0 Å².